The molecule has 5 heteroatoms. The average molecular weight is 243 g/mol. The Balaban J connectivity index is 2.66. The molecule has 0 saturated carbocycles. The van der Waals surface area contributed by atoms with Crippen molar-refractivity contribution in [1.82, 2.24) is 5.32 Å². The molecule has 16 heavy (non-hydrogen) atoms. The highest BCUT2D eigenvalue weighted by Crippen LogP contribution is 2.20. The molecule has 0 aliphatic heterocycles. The van der Waals surface area contributed by atoms with Gasteiger partial charge in [-0.1, -0.05) is 11.6 Å². The largest absolute Gasteiger partial charge is 0.497 e. The van der Waals surface area contributed by atoms with Gasteiger partial charge in [-0.25, -0.2) is 0 Å². The highest BCUT2D eigenvalue weighted by molar-refractivity contribution is 6.30. The number of amides is 1. The van der Waals surface area contributed by atoms with Gasteiger partial charge in [-0.3, -0.25) is 4.79 Å². The number of halogens is 1. The molecule has 3 N–H and O–H groups in total. The number of carbonyl (C=O) groups is 1. The molecule has 1 aromatic rings. The van der Waals surface area contributed by atoms with Crippen molar-refractivity contribution in [2.75, 3.05) is 7.11 Å². The molecule has 0 heterocycles. The van der Waals surface area contributed by atoms with Crippen molar-refractivity contribution < 1.29 is 9.53 Å². The summed E-state index contributed by atoms with van der Waals surface area (Å²) in [5, 5.41) is 3.59. The van der Waals surface area contributed by atoms with E-state index < -0.39 is 0 Å². The third-order valence-corrected chi connectivity index (χ3v) is 2.42. The van der Waals surface area contributed by atoms with Gasteiger partial charge in [0.1, 0.15) is 5.75 Å². The fourth-order valence-corrected chi connectivity index (χ4v) is 1.46. The van der Waals surface area contributed by atoms with Crippen molar-refractivity contribution in [3.05, 3.63) is 28.8 Å². The maximum Gasteiger partial charge on any atom is 0.234 e. The number of hydrogen-bond donors (Lipinski definition) is 2. The molecule has 0 aromatic heterocycles. The lowest BCUT2D eigenvalue weighted by Crippen LogP contribution is -2.38. The summed E-state index contributed by atoms with van der Waals surface area (Å²) in [6.07, 6.45) is 0. The summed E-state index contributed by atoms with van der Waals surface area (Å²) < 4.78 is 5.09. The Kier molecular flexibility index (Phi) is 4.58. The quantitative estimate of drug-likeness (QED) is 0.818. The van der Waals surface area contributed by atoms with Gasteiger partial charge in [0.2, 0.25) is 5.91 Å². The molecule has 88 valence electrons. The zero-order valence-electron chi connectivity index (χ0n) is 9.29. The molecular weight excluding hydrogens is 228 g/mol. The van der Waals surface area contributed by atoms with Crippen LogP contribution in [-0.2, 0) is 11.3 Å². The first-order chi connectivity index (χ1) is 7.52. The number of benzene rings is 1. The van der Waals surface area contributed by atoms with E-state index in [-0.39, 0.29) is 11.9 Å². The van der Waals surface area contributed by atoms with Crippen LogP contribution in [0.1, 0.15) is 12.5 Å². The van der Waals surface area contributed by atoms with Gasteiger partial charge in [-0.2, -0.15) is 0 Å². The van der Waals surface area contributed by atoms with Gasteiger partial charge in [0.15, 0.2) is 0 Å². The summed E-state index contributed by atoms with van der Waals surface area (Å²) in [4.78, 5) is 10.8. The molecule has 0 aliphatic carbocycles. The normalized spacial score (nSPS) is 12.2. The number of carbonyl (C=O) groups excluding carboxylic acids is 1. The highest BCUT2D eigenvalue weighted by Gasteiger charge is 2.07. The SMILES string of the molecule is COc1cc(Cl)cc(CNC(C)C(N)=O)c1. The standard InChI is InChI=1S/C11H15ClN2O2/c1-7(11(13)15)14-6-8-3-9(12)5-10(4-8)16-2/h3-5,7,14H,6H2,1-2H3,(H2,13,15). The minimum atomic E-state index is -0.381. The molecular formula is C11H15ClN2O2. The van der Waals surface area contributed by atoms with Crippen LogP contribution in [0.4, 0.5) is 0 Å². The van der Waals surface area contributed by atoms with Gasteiger partial charge in [-0.15, -0.1) is 0 Å². The van der Waals surface area contributed by atoms with Crippen LogP contribution in [0.25, 0.3) is 0 Å². The molecule has 0 bridgehead atoms. The van der Waals surface area contributed by atoms with Crippen molar-refractivity contribution in [1.29, 1.82) is 0 Å². The lowest BCUT2D eigenvalue weighted by Gasteiger charge is -2.11. The third kappa shape index (κ3) is 3.72. The van der Waals surface area contributed by atoms with Crippen LogP contribution < -0.4 is 15.8 Å². The number of ether oxygens (including phenoxy) is 1. The van der Waals surface area contributed by atoms with E-state index in [1.165, 1.54) is 0 Å². The predicted molar refractivity (Wildman–Crippen MR) is 63.5 cm³/mol. The number of rotatable bonds is 5. The van der Waals surface area contributed by atoms with E-state index in [2.05, 4.69) is 5.32 Å². The minimum Gasteiger partial charge on any atom is -0.497 e. The second kappa shape index (κ2) is 5.72. The van der Waals surface area contributed by atoms with E-state index in [9.17, 15) is 4.79 Å². The van der Waals surface area contributed by atoms with E-state index in [1.54, 1.807) is 20.1 Å². The molecule has 0 fully saturated rings. The summed E-state index contributed by atoms with van der Waals surface area (Å²) >= 11 is 5.91. The molecule has 1 aromatic carbocycles. The number of methoxy groups -OCH3 is 1. The van der Waals surface area contributed by atoms with Crippen molar-refractivity contribution >= 4 is 17.5 Å². The monoisotopic (exact) mass is 242 g/mol. The summed E-state index contributed by atoms with van der Waals surface area (Å²) in [6, 6.07) is 5.02. The number of hydrogen-bond acceptors (Lipinski definition) is 3. The van der Waals surface area contributed by atoms with Crippen molar-refractivity contribution in [3.8, 4) is 5.75 Å². The van der Waals surface area contributed by atoms with E-state index in [1.807, 2.05) is 12.1 Å². The Morgan fingerprint density at radius 1 is 1.56 bits per heavy atom. The zero-order chi connectivity index (χ0) is 12.1. The fourth-order valence-electron chi connectivity index (χ4n) is 1.21. The van der Waals surface area contributed by atoms with Crippen LogP contribution in [0.5, 0.6) is 5.75 Å². The number of primary amides is 1. The first-order valence-electron chi connectivity index (χ1n) is 4.89. The highest BCUT2D eigenvalue weighted by atomic mass is 35.5. The van der Waals surface area contributed by atoms with Crippen molar-refractivity contribution in [2.45, 2.75) is 19.5 Å². The third-order valence-electron chi connectivity index (χ3n) is 2.21. The second-order valence-corrected chi connectivity index (χ2v) is 3.94. The van der Waals surface area contributed by atoms with Crippen molar-refractivity contribution in [3.63, 3.8) is 0 Å². The first kappa shape index (κ1) is 12.8. The molecule has 0 saturated heterocycles. The maximum absolute atomic E-state index is 10.8. The molecule has 0 radical (unpaired) electrons. The van der Waals surface area contributed by atoms with Crippen LogP contribution in [0.3, 0.4) is 0 Å². The van der Waals surface area contributed by atoms with E-state index in [0.29, 0.717) is 17.3 Å². The first-order valence-corrected chi connectivity index (χ1v) is 5.27. The maximum atomic E-state index is 10.8. The lowest BCUT2D eigenvalue weighted by molar-refractivity contribution is -0.119. The van der Waals surface area contributed by atoms with E-state index in [4.69, 9.17) is 22.1 Å². The topological polar surface area (TPSA) is 64.3 Å². The zero-order valence-corrected chi connectivity index (χ0v) is 10.0. The van der Waals surface area contributed by atoms with Gasteiger partial charge in [-0.05, 0) is 30.7 Å². The van der Waals surface area contributed by atoms with Gasteiger partial charge in [0, 0.05) is 11.6 Å². The molecule has 1 rings (SSSR count). The Hall–Kier alpha value is -1.26. The Bertz CT molecular complexity index is 382. The van der Waals surface area contributed by atoms with Crippen LogP contribution in [0.2, 0.25) is 5.02 Å². The Morgan fingerprint density at radius 2 is 2.25 bits per heavy atom. The summed E-state index contributed by atoms with van der Waals surface area (Å²) in [5.41, 5.74) is 6.08. The van der Waals surface area contributed by atoms with Gasteiger partial charge < -0.3 is 15.8 Å². The van der Waals surface area contributed by atoms with Crippen LogP contribution in [0, 0.1) is 0 Å². The molecule has 1 unspecified atom stereocenters. The Labute approximate surface area is 99.7 Å². The van der Waals surface area contributed by atoms with Crippen LogP contribution in [0.15, 0.2) is 18.2 Å². The minimum absolute atomic E-state index is 0.370. The summed E-state index contributed by atoms with van der Waals surface area (Å²) in [5.74, 6) is 0.310. The van der Waals surface area contributed by atoms with Gasteiger partial charge in [0.05, 0.1) is 13.2 Å². The summed E-state index contributed by atoms with van der Waals surface area (Å²) in [7, 11) is 1.58. The fraction of sp³-hybridized carbons (Fsp3) is 0.364. The van der Waals surface area contributed by atoms with E-state index >= 15 is 0 Å². The summed E-state index contributed by atoms with van der Waals surface area (Å²) in [6.45, 7) is 2.23. The lowest BCUT2D eigenvalue weighted by atomic mass is 10.2. The molecule has 0 aliphatic rings. The van der Waals surface area contributed by atoms with Gasteiger partial charge in [0.25, 0.3) is 0 Å². The molecule has 4 nitrogen and oxygen atoms in total. The van der Waals surface area contributed by atoms with Crippen LogP contribution in [-0.4, -0.2) is 19.1 Å². The molecule has 1 atom stereocenters. The predicted octanol–water partition coefficient (Wildman–Crippen LogP) is 1.31. The smallest absolute Gasteiger partial charge is 0.234 e. The van der Waals surface area contributed by atoms with E-state index in [0.717, 1.165) is 5.56 Å². The van der Waals surface area contributed by atoms with Crippen LogP contribution >= 0.6 is 11.6 Å². The van der Waals surface area contributed by atoms with Gasteiger partial charge >= 0.3 is 0 Å². The number of nitrogens with one attached hydrogen (secondary N) is 1. The average Bonchev–Trinajstić information content (AvgIpc) is 2.24. The molecule has 0 spiro atoms. The Morgan fingerprint density at radius 3 is 2.81 bits per heavy atom. The second-order valence-electron chi connectivity index (χ2n) is 3.50. The molecule has 1 amide bonds. The number of nitrogens with two attached hydrogens (primary N) is 1. The van der Waals surface area contributed by atoms with Crippen molar-refractivity contribution in [2.24, 2.45) is 5.73 Å².